The Labute approximate surface area is 142 Å². The SMILES string of the molecule is O=C(Cn1c(C(F)(F)F)nc2ccccc21)NCCN1CCOCC1. The van der Waals surface area contributed by atoms with Crippen molar-refractivity contribution in [2.75, 3.05) is 39.4 Å². The van der Waals surface area contributed by atoms with E-state index in [1.54, 1.807) is 12.1 Å². The lowest BCUT2D eigenvalue weighted by Crippen LogP contribution is -2.42. The molecule has 0 radical (unpaired) electrons. The van der Waals surface area contributed by atoms with Gasteiger partial charge in [-0.1, -0.05) is 12.1 Å². The topological polar surface area (TPSA) is 59.4 Å². The summed E-state index contributed by atoms with van der Waals surface area (Å²) in [5.41, 5.74) is 0.508. The maximum atomic E-state index is 13.2. The molecular weight excluding hydrogens is 337 g/mol. The minimum Gasteiger partial charge on any atom is -0.379 e. The first-order chi connectivity index (χ1) is 11.9. The number of carbonyl (C=O) groups is 1. The predicted molar refractivity (Wildman–Crippen MR) is 85.0 cm³/mol. The van der Waals surface area contributed by atoms with Crippen LogP contribution in [-0.2, 0) is 22.3 Å². The molecule has 3 rings (SSSR count). The molecule has 2 heterocycles. The number of morpholine rings is 1. The molecule has 1 amide bonds. The van der Waals surface area contributed by atoms with Gasteiger partial charge in [-0.3, -0.25) is 9.69 Å². The fraction of sp³-hybridized carbons (Fsp3) is 0.500. The van der Waals surface area contributed by atoms with E-state index < -0.39 is 24.5 Å². The first kappa shape index (κ1) is 17.7. The van der Waals surface area contributed by atoms with Gasteiger partial charge in [0.05, 0.1) is 24.2 Å². The maximum Gasteiger partial charge on any atom is 0.449 e. The number of para-hydroxylation sites is 2. The van der Waals surface area contributed by atoms with Crippen LogP contribution in [0.3, 0.4) is 0 Å². The number of alkyl halides is 3. The fourth-order valence-electron chi connectivity index (χ4n) is 2.83. The summed E-state index contributed by atoms with van der Waals surface area (Å²) in [6.45, 7) is 3.51. The summed E-state index contributed by atoms with van der Waals surface area (Å²) in [7, 11) is 0. The van der Waals surface area contributed by atoms with Gasteiger partial charge in [-0.15, -0.1) is 0 Å². The number of nitrogens with zero attached hydrogens (tertiary/aromatic N) is 3. The van der Waals surface area contributed by atoms with Crippen LogP contribution in [0.1, 0.15) is 5.82 Å². The Morgan fingerprint density at radius 3 is 2.68 bits per heavy atom. The van der Waals surface area contributed by atoms with Crippen molar-refractivity contribution in [3.05, 3.63) is 30.1 Å². The van der Waals surface area contributed by atoms with Crippen LogP contribution in [-0.4, -0.2) is 59.8 Å². The van der Waals surface area contributed by atoms with Crippen LogP contribution in [0, 0.1) is 0 Å². The average Bonchev–Trinajstić information content (AvgIpc) is 2.95. The van der Waals surface area contributed by atoms with Gasteiger partial charge < -0.3 is 14.6 Å². The van der Waals surface area contributed by atoms with Crippen molar-refractivity contribution >= 4 is 16.9 Å². The Morgan fingerprint density at radius 1 is 1.24 bits per heavy atom. The minimum absolute atomic E-state index is 0.218. The maximum absolute atomic E-state index is 13.2. The number of fused-ring (bicyclic) bond motifs is 1. The van der Waals surface area contributed by atoms with Crippen LogP contribution in [0.2, 0.25) is 0 Å². The van der Waals surface area contributed by atoms with Crippen molar-refractivity contribution in [3.8, 4) is 0 Å². The zero-order valence-electron chi connectivity index (χ0n) is 13.6. The van der Waals surface area contributed by atoms with Crippen LogP contribution in [0.5, 0.6) is 0 Å². The van der Waals surface area contributed by atoms with Crippen molar-refractivity contribution in [1.29, 1.82) is 0 Å². The van der Waals surface area contributed by atoms with E-state index in [9.17, 15) is 18.0 Å². The summed E-state index contributed by atoms with van der Waals surface area (Å²) in [4.78, 5) is 17.9. The molecule has 0 atom stereocenters. The number of hydrogen-bond donors (Lipinski definition) is 1. The lowest BCUT2D eigenvalue weighted by Gasteiger charge is -2.26. The van der Waals surface area contributed by atoms with Gasteiger partial charge in [-0.2, -0.15) is 13.2 Å². The third-order valence-corrected chi connectivity index (χ3v) is 4.06. The highest BCUT2D eigenvalue weighted by molar-refractivity contribution is 5.81. The lowest BCUT2D eigenvalue weighted by molar-refractivity contribution is -0.147. The van der Waals surface area contributed by atoms with Gasteiger partial charge in [0.15, 0.2) is 0 Å². The Bertz CT molecular complexity index is 739. The van der Waals surface area contributed by atoms with E-state index in [0.29, 0.717) is 26.3 Å². The van der Waals surface area contributed by atoms with E-state index in [2.05, 4.69) is 15.2 Å². The number of carbonyl (C=O) groups excluding carboxylic acids is 1. The highest BCUT2D eigenvalue weighted by atomic mass is 19.4. The van der Waals surface area contributed by atoms with Gasteiger partial charge in [-0.25, -0.2) is 4.98 Å². The van der Waals surface area contributed by atoms with E-state index in [1.165, 1.54) is 12.1 Å². The molecule has 1 aromatic heterocycles. The molecule has 136 valence electrons. The van der Waals surface area contributed by atoms with Crippen molar-refractivity contribution in [2.45, 2.75) is 12.7 Å². The van der Waals surface area contributed by atoms with Gasteiger partial charge >= 0.3 is 6.18 Å². The first-order valence-electron chi connectivity index (χ1n) is 8.04. The normalized spacial score (nSPS) is 16.3. The standard InChI is InChI=1S/C16H19F3N4O2/c17-16(18,19)15-21-12-3-1-2-4-13(12)23(15)11-14(24)20-5-6-22-7-9-25-10-8-22/h1-4H,5-11H2,(H,20,24). The fourth-order valence-corrected chi connectivity index (χ4v) is 2.83. The molecule has 25 heavy (non-hydrogen) atoms. The zero-order chi connectivity index (χ0) is 17.9. The molecule has 1 fully saturated rings. The molecule has 1 aliphatic rings. The Kier molecular flexibility index (Phi) is 5.24. The molecule has 0 unspecified atom stereocenters. The Balaban J connectivity index is 1.66. The van der Waals surface area contributed by atoms with Crippen molar-refractivity contribution in [1.82, 2.24) is 19.8 Å². The minimum atomic E-state index is -4.62. The van der Waals surface area contributed by atoms with Gasteiger partial charge in [-0.05, 0) is 12.1 Å². The van der Waals surface area contributed by atoms with Gasteiger partial charge in [0.1, 0.15) is 6.54 Å². The summed E-state index contributed by atoms with van der Waals surface area (Å²) >= 11 is 0. The molecule has 0 spiro atoms. The summed E-state index contributed by atoms with van der Waals surface area (Å²) in [5, 5.41) is 2.67. The number of aromatic nitrogens is 2. The van der Waals surface area contributed by atoms with Gasteiger partial charge in [0.25, 0.3) is 0 Å². The molecule has 6 nitrogen and oxygen atoms in total. The van der Waals surface area contributed by atoms with Crippen molar-refractivity contribution in [3.63, 3.8) is 0 Å². The summed E-state index contributed by atoms with van der Waals surface area (Å²) < 4.78 is 45.7. The number of benzene rings is 1. The predicted octanol–water partition coefficient (Wildman–Crippen LogP) is 1.50. The first-order valence-corrected chi connectivity index (χ1v) is 8.04. The number of rotatable bonds is 5. The van der Waals surface area contributed by atoms with Crippen LogP contribution in [0.25, 0.3) is 11.0 Å². The van der Waals surface area contributed by atoms with Gasteiger partial charge in [0, 0.05) is 26.2 Å². The van der Waals surface area contributed by atoms with E-state index in [-0.39, 0.29) is 11.0 Å². The van der Waals surface area contributed by atoms with E-state index in [4.69, 9.17) is 4.74 Å². The second kappa shape index (κ2) is 7.40. The molecule has 1 aliphatic heterocycles. The molecular formula is C16H19F3N4O2. The molecule has 0 bridgehead atoms. The highest BCUT2D eigenvalue weighted by Gasteiger charge is 2.37. The second-order valence-electron chi connectivity index (χ2n) is 5.81. The quantitative estimate of drug-likeness (QED) is 0.882. The highest BCUT2D eigenvalue weighted by Crippen LogP contribution is 2.31. The lowest BCUT2D eigenvalue weighted by atomic mass is 10.3. The van der Waals surface area contributed by atoms with Gasteiger partial charge in [0.2, 0.25) is 11.7 Å². The van der Waals surface area contributed by atoms with Crippen LogP contribution < -0.4 is 5.32 Å². The van der Waals surface area contributed by atoms with Crippen LogP contribution >= 0.6 is 0 Å². The largest absolute Gasteiger partial charge is 0.449 e. The molecule has 0 saturated carbocycles. The van der Waals surface area contributed by atoms with E-state index in [0.717, 1.165) is 17.7 Å². The van der Waals surface area contributed by atoms with Crippen molar-refractivity contribution in [2.24, 2.45) is 0 Å². The third-order valence-electron chi connectivity index (χ3n) is 4.06. The average molecular weight is 356 g/mol. The molecule has 1 saturated heterocycles. The number of amides is 1. The smallest absolute Gasteiger partial charge is 0.379 e. The molecule has 1 aromatic carbocycles. The van der Waals surface area contributed by atoms with E-state index in [1.807, 2.05) is 0 Å². The number of ether oxygens (including phenoxy) is 1. The van der Waals surface area contributed by atoms with Crippen LogP contribution in [0.4, 0.5) is 13.2 Å². The monoisotopic (exact) mass is 356 g/mol. The van der Waals surface area contributed by atoms with E-state index >= 15 is 0 Å². The van der Waals surface area contributed by atoms with Crippen LogP contribution in [0.15, 0.2) is 24.3 Å². The molecule has 0 aliphatic carbocycles. The zero-order valence-corrected chi connectivity index (χ0v) is 13.6. The molecule has 9 heteroatoms. The number of hydrogen-bond acceptors (Lipinski definition) is 4. The second-order valence-corrected chi connectivity index (χ2v) is 5.81. The third kappa shape index (κ3) is 4.29. The molecule has 1 N–H and O–H groups in total. The Morgan fingerprint density at radius 2 is 1.96 bits per heavy atom. The Hall–Kier alpha value is -2.13. The number of halogens is 3. The van der Waals surface area contributed by atoms with Crippen molar-refractivity contribution < 1.29 is 22.7 Å². The summed E-state index contributed by atoms with van der Waals surface area (Å²) in [5.74, 6) is -1.53. The summed E-state index contributed by atoms with van der Waals surface area (Å²) in [6.07, 6.45) is -4.62. The number of nitrogens with one attached hydrogen (secondary N) is 1. The summed E-state index contributed by atoms with van der Waals surface area (Å²) in [6, 6.07) is 6.26. The molecule has 2 aromatic rings. The number of imidazole rings is 1.